The van der Waals surface area contributed by atoms with E-state index in [-0.39, 0.29) is 17.7 Å². The van der Waals surface area contributed by atoms with Crippen molar-refractivity contribution in [3.63, 3.8) is 0 Å². The number of quaternary nitrogens is 1. The lowest BCUT2D eigenvalue weighted by Gasteiger charge is -2.11. The van der Waals surface area contributed by atoms with Gasteiger partial charge in [0.2, 0.25) is 0 Å². The van der Waals surface area contributed by atoms with E-state index in [1.54, 1.807) is 0 Å². The first-order valence-corrected chi connectivity index (χ1v) is 5.38. The average molecular weight is 231 g/mol. The fraction of sp³-hybridized carbons (Fsp3) is 0.125. The highest BCUT2D eigenvalue weighted by Crippen LogP contribution is 2.16. The van der Waals surface area contributed by atoms with Crippen molar-refractivity contribution in [3.05, 3.63) is 29.3 Å². The van der Waals surface area contributed by atoms with Crippen LogP contribution in [0.2, 0.25) is 0 Å². The smallest absolute Gasteiger partial charge is 0.335 e. The van der Waals surface area contributed by atoms with Crippen LogP contribution >= 0.6 is 0 Å². The zero-order chi connectivity index (χ0) is 11.6. The number of hydrogen-bond donors (Lipinski definition) is 2. The Morgan fingerprint density at radius 1 is 1.47 bits per heavy atom. The molecule has 1 aromatic rings. The normalized spacial score (nSPS) is 11.3. The zero-order valence-corrected chi connectivity index (χ0v) is 8.45. The molecule has 0 aliphatic rings. The Bertz CT molecular complexity index is 494. The molecule has 6 nitrogen and oxygen atoms in total. The quantitative estimate of drug-likeness (QED) is 0.648. The van der Waals surface area contributed by atoms with Crippen molar-refractivity contribution in [2.24, 2.45) is 0 Å². The van der Waals surface area contributed by atoms with Gasteiger partial charge in [-0.3, -0.25) is 0 Å². The van der Waals surface area contributed by atoms with Gasteiger partial charge in [0.1, 0.15) is 16.7 Å². The summed E-state index contributed by atoms with van der Waals surface area (Å²) < 4.78 is 32.4. The lowest BCUT2D eigenvalue weighted by atomic mass is 10.1. The Morgan fingerprint density at radius 3 is 2.47 bits per heavy atom. The Balaban J connectivity index is 3.46. The molecule has 0 amide bonds. The van der Waals surface area contributed by atoms with E-state index in [2.05, 4.69) is 5.73 Å². The van der Waals surface area contributed by atoms with Crippen LogP contribution in [0.5, 0.6) is 0 Å². The average Bonchev–Trinajstić information content (AvgIpc) is 2.15. The van der Waals surface area contributed by atoms with E-state index in [0.717, 1.165) is 6.07 Å². The molecule has 0 heterocycles. The molecule has 82 valence electrons. The summed E-state index contributed by atoms with van der Waals surface area (Å²) in [7, 11) is -4.65. The number of carbonyl (C=O) groups is 1. The highest BCUT2D eigenvalue weighted by molar-refractivity contribution is 7.85. The maximum atomic E-state index is 10.8. The maximum Gasteiger partial charge on any atom is 0.335 e. The minimum atomic E-state index is -4.65. The highest BCUT2D eigenvalue weighted by Gasteiger charge is 2.12. The Kier molecular flexibility index (Phi) is 3.08. The monoisotopic (exact) mass is 231 g/mol. The highest BCUT2D eigenvalue weighted by atomic mass is 32.2. The fourth-order valence-electron chi connectivity index (χ4n) is 1.13. The largest absolute Gasteiger partial charge is 0.744 e. The third-order valence-corrected chi connectivity index (χ3v) is 2.77. The second-order valence-corrected chi connectivity index (χ2v) is 4.18. The molecular formula is C8H9NO5S. The third kappa shape index (κ3) is 2.52. The number of hydrogen-bond acceptors (Lipinski definition) is 4. The molecule has 0 aliphatic heterocycles. The van der Waals surface area contributed by atoms with E-state index in [1.165, 1.54) is 12.1 Å². The second-order valence-electron chi connectivity index (χ2n) is 2.83. The van der Waals surface area contributed by atoms with Crippen LogP contribution < -0.4 is 5.73 Å². The van der Waals surface area contributed by atoms with Gasteiger partial charge in [0.25, 0.3) is 0 Å². The molecule has 1 rings (SSSR count). The van der Waals surface area contributed by atoms with E-state index < -0.39 is 21.0 Å². The molecule has 7 heteroatoms. The number of benzene rings is 1. The summed E-state index contributed by atoms with van der Waals surface area (Å²) in [6.07, 6.45) is 0. The molecule has 0 bridgehead atoms. The summed E-state index contributed by atoms with van der Waals surface area (Å²) in [5.41, 5.74) is 3.44. The van der Waals surface area contributed by atoms with Gasteiger partial charge in [-0.15, -0.1) is 0 Å². The first-order chi connectivity index (χ1) is 6.86. The molecule has 1 aromatic carbocycles. The predicted molar refractivity (Wildman–Crippen MR) is 48.0 cm³/mol. The molecule has 0 atom stereocenters. The molecule has 4 N–H and O–H groups in total. The summed E-state index contributed by atoms with van der Waals surface area (Å²) in [4.78, 5) is 10.1. The summed E-state index contributed by atoms with van der Waals surface area (Å²) in [5, 5.41) is 8.63. The molecule has 15 heavy (non-hydrogen) atoms. The third-order valence-electron chi connectivity index (χ3n) is 1.85. The summed E-state index contributed by atoms with van der Waals surface area (Å²) >= 11 is 0. The van der Waals surface area contributed by atoms with Gasteiger partial charge in [-0.2, -0.15) is 0 Å². The molecule has 0 saturated carbocycles. The topological polar surface area (TPSA) is 122 Å². The standard InChI is InChI=1S/C8H9NO5S/c9-4-6-2-1-5(8(10)11)3-7(6)15(12,13)14/h1-3H,4,9H2,(H,10,11)(H,12,13,14). The van der Waals surface area contributed by atoms with Crippen molar-refractivity contribution >= 4 is 16.1 Å². The number of carboxylic acid groups (broad SMARTS) is 1. The molecule has 0 spiro atoms. The molecule has 0 unspecified atom stereocenters. The molecule has 0 aliphatic carbocycles. The molecule has 0 radical (unpaired) electrons. The van der Waals surface area contributed by atoms with Crippen molar-refractivity contribution in [1.29, 1.82) is 0 Å². The summed E-state index contributed by atoms with van der Waals surface area (Å²) in [5.74, 6) is -1.28. The maximum absolute atomic E-state index is 10.8. The van der Waals surface area contributed by atoms with Gasteiger partial charge < -0.3 is 15.4 Å². The van der Waals surface area contributed by atoms with Gasteiger partial charge >= 0.3 is 5.97 Å². The van der Waals surface area contributed by atoms with Gasteiger partial charge in [-0.1, -0.05) is 6.07 Å². The predicted octanol–water partition coefficient (Wildman–Crippen LogP) is -0.969. The SMILES string of the molecule is [NH3+]Cc1ccc(C(=O)O)cc1S(=O)(=O)[O-]. The first kappa shape index (κ1) is 11.6. The van der Waals surface area contributed by atoms with Gasteiger partial charge in [-0.25, -0.2) is 13.2 Å². The van der Waals surface area contributed by atoms with Gasteiger partial charge in [0, 0.05) is 5.56 Å². The van der Waals surface area contributed by atoms with Crippen molar-refractivity contribution in [1.82, 2.24) is 0 Å². The lowest BCUT2D eigenvalue weighted by molar-refractivity contribution is -0.387. The van der Waals surface area contributed by atoms with Crippen LogP contribution in [-0.2, 0) is 16.7 Å². The van der Waals surface area contributed by atoms with Crippen LogP contribution in [0.15, 0.2) is 23.1 Å². The van der Waals surface area contributed by atoms with Gasteiger partial charge in [0.15, 0.2) is 0 Å². The molecular weight excluding hydrogens is 222 g/mol. The zero-order valence-electron chi connectivity index (χ0n) is 7.63. The van der Waals surface area contributed by atoms with E-state index in [9.17, 15) is 17.8 Å². The molecule has 0 fully saturated rings. The lowest BCUT2D eigenvalue weighted by Crippen LogP contribution is -2.47. The Hall–Kier alpha value is -1.44. The van der Waals surface area contributed by atoms with Crippen molar-refractivity contribution in [2.75, 3.05) is 0 Å². The minimum Gasteiger partial charge on any atom is -0.744 e. The Morgan fingerprint density at radius 2 is 2.07 bits per heavy atom. The van der Waals surface area contributed by atoms with Crippen LogP contribution in [0.3, 0.4) is 0 Å². The van der Waals surface area contributed by atoms with Gasteiger partial charge in [-0.05, 0) is 12.1 Å². The minimum absolute atomic E-state index is 0.108. The molecule has 0 saturated heterocycles. The number of rotatable bonds is 3. The van der Waals surface area contributed by atoms with Crippen molar-refractivity contribution in [2.45, 2.75) is 11.4 Å². The van der Waals surface area contributed by atoms with E-state index >= 15 is 0 Å². The van der Waals surface area contributed by atoms with Crippen molar-refractivity contribution in [3.8, 4) is 0 Å². The van der Waals surface area contributed by atoms with E-state index in [0.29, 0.717) is 0 Å². The number of aromatic carboxylic acids is 1. The van der Waals surface area contributed by atoms with Crippen LogP contribution in [0.25, 0.3) is 0 Å². The van der Waals surface area contributed by atoms with Crippen LogP contribution in [0.4, 0.5) is 0 Å². The van der Waals surface area contributed by atoms with Gasteiger partial charge in [0.05, 0.1) is 10.5 Å². The fourth-order valence-corrected chi connectivity index (χ4v) is 1.89. The van der Waals surface area contributed by atoms with Crippen LogP contribution in [-0.4, -0.2) is 24.0 Å². The van der Waals surface area contributed by atoms with E-state index in [1.807, 2.05) is 0 Å². The molecule has 0 aromatic heterocycles. The first-order valence-electron chi connectivity index (χ1n) is 3.97. The van der Waals surface area contributed by atoms with Crippen molar-refractivity contribution < 1.29 is 28.6 Å². The van der Waals surface area contributed by atoms with Crippen LogP contribution in [0, 0.1) is 0 Å². The number of carboxylic acids is 1. The summed E-state index contributed by atoms with van der Waals surface area (Å²) in [6.45, 7) is 0.108. The van der Waals surface area contributed by atoms with Crippen LogP contribution in [0.1, 0.15) is 15.9 Å². The Labute approximate surface area is 86.1 Å². The van der Waals surface area contributed by atoms with E-state index in [4.69, 9.17) is 5.11 Å². The second kappa shape index (κ2) is 3.97. The summed E-state index contributed by atoms with van der Waals surface area (Å²) in [6, 6.07) is 3.37.